The van der Waals surface area contributed by atoms with E-state index in [1.54, 1.807) is 11.8 Å². The summed E-state index contributed by atoms with van der Waals surface area (Å²) in [5.41, 5.74) is -0.383. The standard InChI is InChI=1S/C12H21FN2O2/c1-8(6-13)5-9-7-15(12(2,3)4)11(17)10(16)14-9/h8-9H,5-7H2,1-4H3,(H,14,16). The van der Waals surface area contributed by atoms with Crippen molar-refractivity contribution in [3.63, 3.8) is 0 Å². The highest BCUT2D eigenvalue weighted by Gasteiger charge is 2.38. The highest BCUT2D eigenvalue weighted by Crippen LogP contribution is 2.19. The summed E-state index contributed by atoms with van der Waals surface area (Å²) < 4.78 is 12.5. The smallest absolute Gasteiger partial charge is 0.312 e. The highest BCUT2D eigenvalue weighted by atomic mass is 19.1. The molecular formula is C12H21FN2O2. The highest BCUT2D eigenvalue weighted by molar-refractivity contribution is 6.35. The SMILES string of the molecule is CC(CF)CC1CN(C(C)(C)C)C(=O)C(=O)N1. The van der Waals surface area contributed by atoms with Crippen LogP contribution in [0.15, 0.2) is 0 Å². The van der Waals surface area contributed by atoms with Gasteiger partial charge in [-0.05, 0) is 33.1 Å². The summed E-state index contributed by atoms with van der Waals surface area (Å²) in [6.07, 6.45) is 0.558. The molecule has 0 bridgehead atoms. The number of rotatable bonds is 3. The van der Waals surface area contributed by atoms with Crippen LogP contribution in [0.25, 0.3) is 0 Å². The zero-order chi connectivity index (χ0) is 13.2. The summed E-state index contributed by atoms with van der Waals surface area (Å²) in [6, 6.07) is -0.148. The van der Waals surface area contributed by atoms with E-state index in [0.717, 1.165) is 0 Å². The van der Waals surface area contributed by atoms with Gasteiger partial charge in [0.05, 0.1) is 6.67 Å². The third-order valence-corrected chi connectivity index (χ3v) is 2.94. The number of hydrogen-bond acceptors (Lipinski definition) is 2. The Kier molecular flexibility index (Phi) is 4.11. The van der Waals surface area contributed by atoms with Gasteiger partial charge < -0.3 is 10.2 Å². The van der Waals surface area contributed by atoms with Crippen LogP contribution in [-0.2, 0) is 9.59 Å². The number of nitrogens with one attached hydrogen (secondary N) is 1. The second-order valence-corrected chi connectivity index (χ2v) is 5.75. The average molecular weight is 244 g/mol. The average Bonchev–Trinajstić information content (AvgIpc) is 2.21. The molecule has 5 heteroatoms. The third-order valence-electron chi connectivity index (χ3n) is 2.94. The van der Waals surface area contributed by atoms with E-state index in [-0.39, 0.29) is 17.5 Å². The van der Waals surface area contributed by atoms with Gasteiger partial charge >= 0.3 is 11.8 Å². The van der Waals surface area contributed by atoms with Crippen molar-refractivity contribution in [1.29, 1.82) is 0 Å². The van der Waals surface area contributed by atoms with E-state index in [4.69, 9.17) is 0 Å². The second-order valence-electron chi connectivity index (χ2n) is 5.75. The fourth-order valence-corrected chi connectivity index (χ4v) is 1.98. The Hall–Kier alpha value is -1.13. The molecule has 0 aromatic heterocycles. The minimum absolute atomic E-state index is 0.102. The van der Waals surface area contributed by atoms with Crippen LogP contribution in [0.5, 0.6) is 0 Å². The molecule has 1 fully saturated rings. The van der Waals surface area contributed by atoms with Gasteiger partial charge in [-0.1, -0.05) is 6.92 Å². The van der Waals surface area contributed by atoms with E-state index in [1.807, 2.05) is 20.8 Å². The van der Waals surface area contributed by atoms with E-state index >= 15 is 0 Å². The molecule has 17 heavy (non-hydrogen) atoms. The van der Waals surface area contributed by atoms with Gasteiger partial charge in [0.25, 0.3) is 0 Å². The molecule has 1 aliphatic heterocycles. The number of alkyl halides is 1. The fourth-order valence-electron chi connectivity index (χ4n) is 1.98. The maximum Gasteiger partial charge on any atom is 0.312 e. The van der Waals surface area contributed by atoms with Gasteiger partial charge in [0.1, 0.15) is 0 Å². The topological polar surface area (TPSA) is 49.4 Å². The Morgan fingerprint density at radius 1 is 1.47 bits per heavy atom. The first-order chi connectivity index (χ1) is 7.75. The van der Waals surface area contributed by atoms with E-state index < -0.39 is 18.5 Å². The molecule has 1 rings (SSSR count). The minimum Gasteiger partial charge on any atom is -0.343 e. The quantitative estimate of drug-likeness (QED) is 0.756. The number of carbonyl (C=O) groups excluding carboxylic acids is 2. The summed E-state index contributed by atoms with van der Waals surface area (Å²) >= 11 is 0. The van der Waals surface area contributed by atoms with Crippen LogP contribution in [0.1, 0.15) is 34.1 Å². The van der Waals surface area contributed by atoms with Gasteiger partial charge in [-0.15, -0.1) is 0 Å². The van der Waals surface area contributed by atoms with Crippen molar-refractivity contribution in [3.05, 3.63) is 0 Å². The first-order valence-electron chi connectivity index (χ1n) is 5.94. The van der Waals surface area contributed by atoms with Crippen LogP contribution in [-0.4, -0.2) is 41.5 Å². The van der Waals surface area contributed by atoms with E-state index in [1.165, 1.54) is 0 Å². The number of amides is 2. The van der Waals surface area contributed by atoms with Gasteiger partial charge in [0.15, 0.2) is 0 Å². The van der Waals surface area contributed by atoms with Crippen LogP contribution >= 0.6 is 0 Å². The van der Waals surface area contributed by atoms with Gasteiger partial charge in [-0.3, -0.25) is 14.0 Å². The first kappa shape index (κ1) is 13.9. The van der Waals surface area contributed by atoms with E-state index in [9.17, 15) is 14.0 Å². The van der Waals surface area contributed by atoms with Gasteiger partial charge in [0, 0.05) is 18.1 Å². The van der Waals surface area contributed by atoms with Gasteiger partial charge in [-0.25, -0.2) is 0 Å². The predicted octanol–water partition coefficient (Wildman–Crippen LogP) is 1.11. The molecular weight excluding hydrogens is 223 g/mol. The molecule has 0 aromatic carbocycles. The fraction of sp³-hybridized carbons (Fsp3) is 0.833. The van der Waals surface area contributed by atoms with E-state index in [2.05, 4.69) is 5.32 Å². The Labute approximate surface area is 102 Å². The molecule has 0 radical (unpaired) electrons. The van der Waals surface area contributed by atoms with Crippen molar-refractivity contribution in [2.24, 2.45) is 5.92 Å². The molecule has 0 aromatic rings. The molecule has 2 unspecified atom stereocenters. The van der Waals surface area contributed by atoms with Gasteiger partial charge in [0.2, 0.25) is 0 Å². The van der Waals surface area contributed by atoms with Crippen molar-refractivity contribution < 1.29 is 14.0 Å². The molecule has 2 amide bonds. The summed E-state index contributed by atoms with van der Waals surface area (Å²) in [6.45, 7) is 7.51. The number of hydrogen-bond donors (Lipinski definition) is 1. The minimum atomic E-state index is -0.581. The zero-order valence-corrected chi connectivity index (χ0v) is 10.9. The predicted molar refractivity (Wildman–Crippen MR) is 63.2 cm³/mol. The lowest BCUT2D eigenvalue weighted by atomic mass is 9.97. The second kappa shape index (κ2) is 5.02. The lowest BCUT2D eigenvalue weighted by Gasteiger charge is -2.41. The maximum absolute atomic E-state index is 12.5. The molecule has 1 N–H and O–H groups in total. The van der Waals surface area contributed by atoms with Crippen LogP contribution in [0.4, 0.5) is 4.39 Å². The van der Waals surface area contributed by atoms with Crippen molar-refractivity contribution >= 4 is 11.8 Å². The monoisotopic (exact) mass is 244 g/mol. The van der Waals surface area contributed by atoms with Crippen LogP contribution in [0, 0.1) is 5.92 Å². The van der Waals surface area contributed by atoms with E-state index in [0.29, 0.717) is 13.0 Å². The van der Waals surface area contributed by atoms with Crippen molar-refractivity contribution in [1.82, 2.24) is 10.2 Å². The summed E-state index contributed by atoms with van der Waals surface area (Å²) in [5.74, 6) is -1.18. The van der Waals surface area contributed by atoms with Crippen molar-refractivity contribution in [3.8, 4) is 0 Å². The Morgan fingerprint density at radius 3 is 2.53 bits per heavy atom. The number of piperazine rings is 1. The summed E-state index contributed by atoms with van der Waals surface area (Å²) in [4.78, 5) is 24.8. The van der Waals surface area contributed by atoms with Crippen molar-refractivity contribution in [2.75, 3.05) is 13.2 Å². The van der Waals surface area contributed by atoms with Crippen LogP contribution in [0.2, 0.25) is 0 Å². The Bertz CT molecular complexity index is 312. The van der Waals surface area contributed by atoms with Crippen molar-refractivity contribution in [2.45, 2.75) is 45.7 Å². The lowest BCUT2D eigenvalue weighted by molar-refractivity contribution is -0.153. The van der Waals surface area contributed by atoms with Gasteiger partial charge in [-0.2, -0.15) is 0 Å². The molecule has 0 spiro atoms. The van der Waals surface area contributed by atoms with Crippen LogP contribution in [0.3, 0.4) is 0 Å². The molecule has 0 saturated carbocycles. The molecule has 4 nitrogen and oxygen atoms in total. The number of nitrogens with zero attached hydrogens (tertiary/aromatic N) is 1. The zero-order valence-electron chi connectivity index (χ0n) is 10.9. The summed E-state index contributed by atoms with van der Waals surface area (Å²) in [7, 11) is 0. The van der Waals surface area contributed by atoms with Crippen LogP contribution < -0.4 is 5.32 Å². The number of halogens is 1. The molecule has 0 aliphatic carbocycles. The largest absolute Gasteiger partial charge is 0.343 e. The summed E-state index contributed by atoms with van der Waals surface area (Å²) in [5, 5.41) is 2.64. The maximum atomic E-state index is 12.5. The molecule has 98 valence electrons. The Morgan fingerprint density at radius 2 is 2.06 bits per heavy atom. The first-order valence-corrected chi connectivity index (χ1v) is 5.94. The number of carbonyl (C=O) groups is 2. The lowest BCUT2D eigenvalue weighted by Crippen LogP contribution is -2.62. The molecule has 1 heterocycles. The molecule has 1 aliphatic rings. The third kappa shape index (κ3) is 3.41. The normalized spacial score (nSPS) is 23.6. The molecule has 2 atom stereocenters. The molecule has 1 saturated heterocycles. The Balaban J connectivity index is 2.74.